The molecule has 7 heteroatoms. The predicted molar refractivity (Wildman–Crippen MR) is 96.3 cm³/mol. The summed E-state index contributed by atoms with van der Waals surface area (Å²) in [5.41, 5.74) is 2.25. The first kappa shape index (κ1) is 17.2. The molecule has 132 valence electrons. The summed E-state index contributed by atoms with van der Waals surface area (Å²) < 4.78 is 6.76. The van der Waals surface area contributed by atoms with Crippen LogP contribution < -0.4 is 15.8 Å². The van der Waals surface area contributed by atoms with E-state index in [1.807, 2.05) is 36.9 Å². The summed E-state index contributed by atoms with van der Waals surface area (Å²) in [5.74, 6) is -0.256. The van der Waals surface area contributed by atoms with E-state index in [9.17, 15) is 9.59 Å². The van der Waals surface area contributed by atoms with E-state index in [4.69, 9.17) is 4.74 Å². The molecular formula is C18H22N4O3. The van der Waals surface area contributed by atoms with E-state index in [0.29, 0.717) is 49.8 Å². The van der Waals surface area contributed by atoms with Crippen molar-refractivity contribution in [2.75, 3.05) is 36.5 Å². The van der Waals surface area contributed by atoms with Gasteiger partial charge in [-0.05, 0) is 26.0 Å². The molecule has 1 aromatic heterocycles. The highest BCUT2D eigenvalue weighted by molar-refractivity contribution is 6.05. The maximum absolute atomic E-state index is 12.8. The molecule has 0 unspecified atom stereocenters. The molecule has 1 saturated heterocycles. The van der Waals surface area contributed by atoms with Gasteiger partial charge in [-0.1, -0.05) is 17.7 Å². The maximum atomic E-state index is 12.8. The van der Waals surface area contributed by atoms with E-state index >= 15 is 0 Å². The van der Waals surface area contributed by atoms with Gasteiger partial charge in [0.1, 0.15) is 5.69 Å². The van der Waals surface area contributed by atoms with E-state index in [0.717, 1.165) is 5.56 Å². The zero-order valence-electron chi connectivity index (χ0n) is 14.5. The van der Waals surface area contributed by atoms with Crippen LogP contribution in [0.4, 0.5) is 11.4 Å². The van der Waals surface area contributed by atoms with Crippen molar-refractivity contribution in [2.45, 2.75) is 20.4 Å². The highest BCUT2D eigenvalue weighted by Gasteiger charge is 2.21. The Morgan fingerprint density at radius 3 is 2.76 bits per heavy atom. The third-order valence-electron chi connectivity index (χ3n) is 4.17. The summed E-state index contributed by atoms with van der Waals surface area (Å²) >= 11 is 0. The Balaban J connectivity index is 1.96. The number of rotatable bonds is 4. The van der Waals surface area contributed by atoms with E-state index in [1.165, 1.54) is 4.68 Å². The second kappa shape index (κ2) is 7.48. The van der Waals surface area contributed by atoms with E-state index in [2.05, 4.69) is 10.4 Å². The Hall–Kier alpha value is -2.67. The van der Waals surface area contributed by atoms with E-state index in [1.54, 1.807) is 12.3 Å². The molecule has 0 atom stereocenters. The highest BCUT2D eigenvalue weighted by atomic mass is 16.5. The first-order chi connectivity index (χ1) is 12.1. The van der Waals surface area contributed by atoms with Crippen molar-refractivity contribution in [3.8, 4) is 0 Å². The van der Waals surface area contributed by atoms with Crippen molar-refractivity contribution in [1.29, 1.82) is 0 Å². The fourth-order valence-electron chi connectivity index (χ4n) is 2.87. The molecule has 1 N–H and O–H groups in total. The minimum atomic E-state index is -0.256. The van der Waals surface area contributed by atoms with Gasteiger partial charge in [-0.25, -0.2) is 4.68 Å². The van der Waals surface area contributed by atoms with Crippen LogP contribution >= 0.6 is 0 Å². The number of ether oxygens (including phenoxy) is 1. The SMILES string of the molecule is CCn1ncc(NC(=O)c2cccc(C)c2)c(N2CCOCC2)c1=O. The average Bonchev–Trinajstić information content (AvgIpc) is 2.63. The van der Waals surface area contributed by atoms with Gasteiger partial charge in [0, 0.05) is 25.2 Å². The third kappa shape index (κ3) is 3.71. The summed E-state index contributed by atoms with van der Waals surface area (Å²) in [6.07, 6.45) is 1.55. The van der Waals surface area contributed by atoms with Crippen LogP contribution in [0.2, 0.25) is 0 Å². The van der Waals surface area contributed by atoms with Crippen LogP contribution in [-0.4, -0.2) is 42.0 Å². The van der Waals surface area contributed by atoms with Crippen molar-refractivity contribution in [1.82, 2.24) is 9.78 Å². The zero-order valence-corrected chi connectivity index (χ0v) is 14.5. The molecule has 7 nitrogen and oxygen atoms in total. The molecule has 0 aliphatic carbocycles. The maximum Gasteiger partial charge on any atom is 0.292 e. The average molecular weight is 342 g/mol. The number of carbonyl (C=O) groups excluding carboxylic acids is 1. The number of hydrogen-bond acceptors (Lipinski definition) is 5. The number of amides is 1. The van der Waals surface area contributed by atoms with Crippen LogP contribution in [0.15, 0.2) is 35.3 Å². The van der Waals surface area contributed by atoms with Gasteiger partial charge in [-0.3, -0.25) is 9.59 Å². The summed E-state index contributed by atoms with van der Waals surface area (Å²) in [4.78, 5) is 27.3. The fraction of sp³-hybridized carbons (Fsp3) is 0.389. The Morgan fingerprint density at radius 2 is 2.08 bits per heavy atom. The zero-order chi connectivity index (χ0) is 17.8. The summed E-state index contributed by atoms with van der Waals surface area (Å²) in [5, 5.41) is 6.99. The lowest BCUT2D eigenvalue weighted by Crippen LogP contribution is -2.41. The standard InChI is InChI=1S/C18H22N4O3/c1-3-22-18(24)16(21-7-9-25-10-8-21)15(12-19-22)20-17(23)14-6-4-5-13(2)11-14/h4-6,11-12H,3,7-10H2,1-2H3,(H,20,23). The second-order valence-electron chi connectivity index (χ2n) is 5.95. The number of nitrogens with one attached hydrogen (secondary N) is 1. The smallest absolute Gasteiger partial charge is 0.292 e. The molecule has 0 radical (unpaired) electrons. The lowest BCUT2D eigenvalue weighted by molar-refractivity contribution is 0.102. The Morgan fingerprint density at radius 1 is 1.32 bits per heavy atom. The van der Waals surface area contributed by atoms with Crippen LogP contribution in [0.25, 0.3) is 0 Å². The van der Waals surface area contributed by atoms with Crippen molar-refractivity contribution in [3.05, 3.63) is 51.9 Å². The molecule has 0 spiro atoms. The summed E-state index contributed by atoms with van der Waals surface area (Å²) in [6.45, 7) is 6.59. The van der Waals surface area contributed by atoms with Gasteiger partial charge in [0.25, 0.3) is 11.5 Å². The summed E-state index contributed by atoms with van der Waals surface area (Å²) in [7, 11) is 0. The molecule has 0 bridgehead atoms. The van der Waals surface area contributed by atoms with Gasteiger partial charge in [-0.15, -0.1) is 0 Å². The Kier molecular flexibility index (Phi) is 5.14. The van der Waals surface area contributed by atoms with Crippen molar-refractivity contribution in [2.24, 2.45) is 0 Å². The molecule has 1 aromatic carbocycles. The molecule has 1 aliphatic heterocycles. The van der Waals surface area contributed by atoms with Crippen LogP contribution in [0.1, 0.15) is 22.8 Å². The van der Waals surface area contributed by atoms with Gasteiger partial charge in [0.2, 0.25) is 0 Å². The number of hydrogen-bond donors (Lipinski definition) is 1. The number of morpholine rings is 1. The molecule has 1 amide bonds. The first-order valence-electron chi connectivity index (χ1n) is 8.41. The molecule has 0 saturated carbocycles. The quantitative estimate of drug-likeness (QED) is 0.914. The second-order valence-corrected chi connectivity index (χ2v) is 5.95. The van der Waals surface area contributed by atoms with Gasteiger partial charge in [0.15, 0.2) is 0 Å². The van der Waals surface area contributed by atoms with Gasteiger partial charge < -0.3 is 15.0 Å². The van der Waals surface area contributed by atoms with Crippen molar-refractivity contribution in [3.63, 3.8) is 0 Å². The molecule has 1 fully saturated rings. The van der Waals surface area contributed by atoms with Crippen LogP contribution in [-0.2, 0) is 11.3 Å². The number of aromatic nitrogens is 2. The topological polar surface area (TPSA) is 76.5 Å². The molecule has 25 heavy (non-hydrogen) atoms. The van der Waals surface area contributed by atoms with Crippen LogP contribution in [0.3, 0.4) is 0 Å². The minimum Gasteiger partial charge on any atom is -0.378 e. The monoisotopic (exact) mass is 342 g/mol. The van der Waals surface area contributed by atoms with Crippen molar-refractivity contribution < 1.29 is 9.53 Å². The van der Waals surface area contributed by atoms with E-state index in [-0.39, 0.29) is 11.5 Å². The van der Waals surface area contributed by atoms with Crippen LogP contribution in [0, 0.1) is 6.92 Å². The van der Waals surface area contributed by atoms with Gasteiger partial charge >= 0.3 is 0 Å². The molecular weight excluding hydrogens is 320 g/mol. The normalized spacial score (nSPS) is 14.4. The number of benzene rings is 1. The number of anilines is 2. The largest absolute Gasteiger partial charge is 0.378 e. The molecule has 1 aliphatic rings. The summed E-state index contributed by atoms with van der Waals surface area (Å²) in [6, 6.07) is 7.32. The molecule has 3 rings (SSSR count). The minimum absolute atomic E-state index is 0.202. The number of nitrogens with zero attached hydrogens (tertiary/aromatic N) is 3. The van der Waals surface area contributed by atoms with Gasteiger partial charge in [-0.2, -0.15) is 5.10 Å². The molecule has 2 aromatic rings. The number of carbonyl (C=O) groups is 1. The van der Waals surface area contributed by atoms with Crippen LogP contribution in [0.5, 0.6) is 0 Å². The third-order valence-corrected chi connectivity index (χ3v) is 4.17. The van der Waals surface area contributed by atoms with Crippen molar-refractivity contribution >= 4 is 17.3 Å². The highest BCUT2D eigenvalue weighted by Crippen LogP contribution is 2.22. The fourth-order valence-corrected chi connectivity index (χ4v) is 2.87. The van der Waals surface area contributed by atoms with E-state index < -0.39 is 0 Å². The Bertz CT molecular complexity index is 825. The lowest BCUT2D eigenvalue weighted by Gasteiger charge is -2.29. The lowest BCUT2D eigenvalue weighted by atomic mass is 10.1. The predicted octanol–water partition coefficient (Wildman–Crippen LogP) is 1.66. The van der Waals surface area contributed by atoms with Gasteiger partial charge in [0.05, 0.1) is 25.1 Å². The number of aryl methyl sites for hydroxylation is 2. The molecule has 2 heterocycles. The first-order valence-corrected chi connectivity index (χ1v) is 8.41. The Labute approximate surface area is 146 Å².